The lowest BCUT2D eigenvalue weighted by Crippen LogP contribution is -2.30. The third-order valence-corrected chi connectivity index (χ3v) is 3.79. The summed E-state index contributed by atoms with van der Waals surface area (Å²) in [7, 11) is -3.10. The monoisotopic (exact) mass is 396 g/mol. The number of carboxylic acid groups (broad SMARTS) is 1. The van der Waals surface area contributed by atoms with Gasteiger partial charge in [0.2, 0.25) is 17.2 Å². The van der Waals surface area contributed by atoms with Gasteiger partial charge < -0.3 is 26.4 Å². The summed E-state index contributed by atoms with van der Waals surface area (Å²) in [5.41, 5.74) is 5.09. The average Bonchev–Trinajstić information content (AvgIpc) is 2.43. The molecular formula is C13H26ClN6O4P. The lowest BCUT2D eigenvalue weighted by atomic mass is 10.2. The quantitative estimate of drug-likeness (QED) is 0.406. The molecule has 0 aromatic carbocycles. The SMILES string of the molecule is CCNc1nc(Cl)nc(NC(C)C)n1.CP(=O)(O)CCC(N)C(=O)O. The summed E-state index contributed by atoms with van der Waals surface area (Å²) in [5, 5.41) is 14.5. The number of anilines is 2. The molecule has 10 nitrogen and oxygen atoms in total. The second kappa shape index (κ2) is 11.2. The second-order valence-corrected chi connectivity index (χ2v) is 8.48. The van der Waals surface area contributed by atoms with Gasteiger partial charge in [-0.15, -0.1) is 0 Å². The van der Waals surface area contributed by atoms with Crippen LogP contribution in [0.4, 0.5) is 11.9 Å². The van der Waals surface area contributed by atoms with Crippen LogP contribution in [0.3, 0.4) is 0 Å². The Bertz CT molecular complexity index is 598. The van der Waals surface area contributed by atoms with Gasteiger partial charge in [-0.1, -0.05) is 0 Å². The Kier molecular flexibility index (Phi) is 10.5. The molecule has 2 unspecified atom stereocenters. The van der Waals surface area contributed by atoms with Crippen LogP contribution in [-0.4, -0.2) is 62.4 Å². The van der Waals surface area contributed by atoms with Crippen molar-refractivity contribution in [3.8, 4) is 0 Å². The maximum absolute atomic E-state index is 10.6. The molecule has 0 aliphatic carbocycles. The molecule has 0 amide bonds. The summed E-state index contributed by atoms with van der Waals surface area (Å²) in [6, 6.07) is -0.765. The molecule has 0 aliphatic heterocycles. The van der Waals surface area contributed by atoms with Gasteiger partial charge in [-0.2, -0.15) is 15.0 Å². The first-order chi connectivity index (χ1) is 11.4. The first kappa shape index (κ1) is 23.5. The molecule has 1 aromatic rings. The van der Waals surface area contributed by atoms with Gasteiger partial charge in [0.15, 0.2) is 7.37 Å². The minimum atomic E-state index is -3.10. The Morgan fingerprint density at radius 3 is 2.32 bits per heavy atom. The summed E-state index contributed by atoms with van der Waals surface area (Å²) in [4.78, 5) is 30.9. The van der Waals surface area contributed by atoms with Gasteiger partial charge >= 0.3 is 5.97 Å². The van der Waals surface area contributed by atoms with E-state index in [1.165, 1.54) is 6.66 Å². The smallest absolute Gasteiger partial charge is 0.320 e. The highest BCUT2D eigenvalue weighted by atomic mass is 35.5. The minimum absolute atomic E-state index is 0.0412. The zero-order chi connectivity index (χ0) is 19.6. The fraction of sp³-hybridized carbons (Fsp3) is 0.692. The normalized spacial score (nSPS) is 14.1. The first-order valence-corrected chi connectivity index (χ1v) is 10.3. The average molecular weight is 397 g/mol. The summed E-state index contributed by atoms with van der Waals surface area (Å²) in [6.07, 6.45) is 0.0000772. The van der Waals surface area contributed by atoms with Crippen LogP contribution in [0.2, 0.25) is 5.28 Å². The van der Waals surface area contributed by atoms with E-state index in [0.29, 0.717) is 11.9 Å². The number of aromatic nitrogens is 3. The number of nitrogens with two attached hydrogens (primary N) is 1. The topological polar surface area (TPSA) is 163 Å². The van der Waals surface area contributed by atoms with Crippen molar-refractivity contribution in [3.63, 3.8) is 0 Å². The van der Waals surface area contributed by atoms with Crippen LogP contribution in [0.25, 0.3) is 0 Å². The molecule has 0 spiro atoms. The predicted molar refractivity (Wildman–Crippen MR) is 98.6 cm³/mol. The van der Waals surface area contributed by atoms with Crippen LogP contribution in [0.5, 0.6) is 0 Å². The third-order valence-electron chi connectivity index (χ3n) is 2.53. The number of carboxylic acids is 1. The number of nitrogens with one attached hydrogen (secondary N) is 2. The van der Waals surface area contributed by atoms with Gasteiger partial charge in [0.1, 0.15) is 6.04 Å². The van der Waals surface area contributed by atoms with Crippen molar-refractivity contribution < 1.29 is 19.4 Å². The maximum Gasteiger partial charge on any atom is 0.320 e. The van der Waals surface area contributed by atoms with Gasteiger partial charge in [0, 0.05) is 25.4 Å². The van der Waals surface area contributed by atoms with Crippen LogP contribution < -0.4 is 16.4 Å². The van der Waals surface area contributed by atoms with Crippen LogP contribution in [-0.2, 0) is 9.36 Å². The van der Waals surface area contributed by atoms with Crippen LogP contribution in [0.15, 0.2) is 0 Å². The van der Waals surface area contributed by atoms with Crippen LogP contribution >= 0.6 is 19.0 Å². The van der Waals surface area contributed by atoms with E-state index >= 15 is 0 Å². The molecule has 1 aromatic heterocycles. The number of halogens is 1. The number of aliphatic carboxylic acids is 1. The number of hydrogen-bond acceptors (Lipinski definition) is 8. The highest BCUT2D eigenvalue weighted by molar-refractivity contribution is 7.57. The zero-order valence-corrected chi connectivity index (χ0v) is 16.4. The Morgan fingerprint density at radius 1 is 1.32 bits per heavy atom. The van der Waals surface area contributed by atoms with Gasteiger partial charge in [-0.3, -0.25) is 9.36 Å². The van der Waals surface area contributed by atoms with Crippen molar-refractivity contribution in [2.45, 2.75) is 39.3 Å². The molecule has 12 heteroatoms. The zero-order valence-electron chi connectivity index (χ0n) is 14.7. The maximum atomic E-state index is 10.6. The van der Waals surface area contributed by atoms with E-state index < -0.39 is 19.4 Å². The molecule has 25 heavy (non-hydrogen) atoms. The molecule has 0 saturated heterocycles. The first-order valence-electron chi connectivity index (χ1n) is 7.64. The van der Waals surface area contributed by atoms with Crippen molar-refractivity contribution in [1.82, 2.24) is 15.0 Å². The summed E-state index contributed by atoms with van der Waals surface area (Å²) < 4.78 is 10.6. The Hall–Kier alpha value is -1.48. The van der Waals surface area contributed by atoms with E-state index in [9.17, 15) is 9.36 Å². The lowest BCUT2D eigenvalue weighted by Gasteiger charge is -2.09. The summed E-state index contributed by atoms with van der Waals surface area (Å²) >= 11 is 5.73. The van der Waals surface area contributed by atoms with Gasteiger partial charge in [0.25, 0.3) is 0 Å². The molecule has 1 rings (SSSR count). The highest BCUT2D eigenvalue weighted by Gasteiger charge is 2.16. The number of rotatable bonds is 8. The number of hydrogen-bond donors (Lipinski definition) is 5. The lowest BCUT2D eigenvalue weighted by molar-refractivity contribution is -0.138. The van der Waals surface area contributed by atoms with E-state index in [-0.39, 0.29) is 23.9 Å². The Morgan fingerprint density at radius 2 is 1.88 bits per heavy atom. The van der Waals surface area contributed by atoms with Crippen LogP contribution in [0, 0.1) is 0 Å². The van der Waals surface area contributed by atoms with Gasteiger partial charge in [-0.25, -0.2) is 0 Å². The van der Waals surface area contributed by atoms with E-state index in [1.54, 1.807) is 0 Å². The predicted octanol–water partition coefficient (Wildman–Crippen LogP) is 1.47. The Balaban J connectivity index is 0.000000477. The molecule has 0 bridgehead atoms. The minimum Gasteiger partial charge on any atom is -0.480 e. The summed E-state index contributed by atoms with van der Waals surface area (Å²) in [5.74, 6) is -0.148. The molecule has 0 radical (unpaired) electrons. The third kappa shape index (κ3) is 12.5. The largest absolute Gasteiger partial charge is 0.480 e. The molecule has 144 valence electrons. The van der Waals surface area contributed by atoms with Gasteiger partial charge in [0.05, 0.1) is 0 Å². The summed E-state index contributed by atoms with van der Waals surface area (Å²) in [6.45, 7) is 7.91. The highest BCUT2D eigenvalue weighted by Crippen LogP contribution is 2.35. The second-order valence-electron chi connectivity index (χ2n) is 5.59. The van der Waals surface area contributed by atoms with Crippen molar-refractivity contribution >= 4 is 36.8 Å². The molecule has 0 fully saturated rings. The molecule has 1 heterocycles. The van der Waals surface area contributed by atoms with Crippen molar-refractivity contribution in [3.05, 3.63) is 5.28 Å². The standard InChI is InChI=1S/C8H14ClN5.C5H12NO4P/c1-4-10-7-12-6(9)13-8(14-7)11-5(2)3;1-11(9,10)3-2-4(6)5(7)8/h5H,4H2,1-3H3,(H2,10,11,12,13,14);4H,2-3,6H2,1H3,(H,7,8)(H,9,10). The van der Waals surface area contributed by atoms with Crippen LogP contribution in [0.1, 0.15) is 27.2 Å². The van der Waals surface area contributed by atoms with E-state index in [2.05, 4.69) is 25.6 Å². The van der Waals surface area contributed by atoms with E-state index in [1.807, 2.05) is 20.8 Å². The Labute approximate surface area is 152 Å². The van der Waals surface area contributed by atoms with E-state index in [4.69, 9.17) is 27.3 Å². The van der Waals surface area contributed by atoms with Crippen molar-refractivity contribution in [1.29, 1.82) is 0 Å². The molecule has 2 atom stereocenters. The molecule has 0 aliphatic rings. The van der Waals surface area contributed by atoms with Crippen molar-refractivity contribution in [2.24, 2.45) is 5.73 Å². The fourth-order valence-corrected chi connectivity index (χ4v) is 2.33. The molecule has 6 N–H and O–H groups in total. The fourth-order valence-electron chi connectivity index (χ4n) is 1.41. The van der Waals surface area contributed by atoms with Crippen molar-refractivity contribution in [2.75, 3.05) is 30.0 Å². The van der Waals surface area contributed by atoms with E-state index in [0.717, 1.165) is 6.54 Å². The van der Waals surface area contributed by atoms with Gasteiger partial charge in [-0.05, 0) is 38.8 Å². The molecular weight excluding hydrogens is 371 g/mol. The number of nitrogens with zero attached hydrogens (tertiary/aromatic N) is 3. The molecule has 0 saturated carbocycles. The number of carbonyl (C=O) groups is 1.